The van der Waals surface area contributed by atoms with E-state index in [9.17, 15) is 9.59 Å². The summed E-state index contributed by atoms with van der Waals surface area (Å²) >= 11 is 0. The van der Waals surface area contributed by atoms with Crippen LogP contribution in [0.25, 0.3) is 0 Å². The van der Waals surface area contributed by atoms with Gasteiger partial charge in [-0.05, 0) is 32.6 Å². The lowest BCUT2D eigenvalue weighted by Crippen LogP contribution is -2.47. The number of rotatable bonds is 5. The van der Waals surface area contributed by atoms with Crippen molar-refractivity contribution in [3.63, 3.8) is 0 Å². The van der Waals surface area contributed by atoms with Gasteiger partial charge in [0.2, 0.25) is 5.91 Å². The van der Waals surface area contributed by atoms with E-state index >= 15 is 0 Å². The van der Waals surface area contributed by atoms with E-state index in [4.69, 9.17) is 4.74 Å². The number of carbonyl (C=O) groups excluding carboxylic acids is 2. The molecular formula is C18H33IN4O3. The van der Waals surface area contributed by atoms with E-state index in [1.807, 2.05) is 6.92 Å². The normalized spacial score (nSPS) is 19.5. The Morgan fingerprint density at radius 2 is 1.77 bits per heavy atom. The molecule has 0 radical (unpaired) electrons. The van der Waals surface area contributed by atoms with Gasteiger partial charge in [-0.2, -0.15) is 0 Å². The minimum Gasteiger partial charge on any atom is -0.469 e. The van der Waals surface area contributed by atoms with Crippen molar-refractivity contribution < 1.29 is 14.3 Å². The quantitative estimate of drug-likeness (QED) is 0.272. The smallest absolute Gasteiger partial charge is 0.308 e. The summed E-state index contributed by atoms with van der Waals surface area (Å²) in [6.45, 7) is 4.40. The molecule has 2 fully saturated rings. The summed E-state index contributed by atoms with van der Waals surface area (Å²) in [5.74, 6) is 0.587. The van der Waals surface area contributed by atoms with Crippen LogP contribution in [0.3, 0.4) is 0 Å². The van der Waals surface area contributed by atoms with E-state index in [1.54, 1.807) is 0 Å². The summed E-state index contributed by atoms with van der Waals surface area (Å²) in [7, 11) is 1.44. The van der Waals surface area contributed by atoms with E-state index in [0.29, 0.717) is 6.04 Å². The molecule has 1 amide bonds. The molecule has 2 aliphatic rings. The van der Waals surface area contributed by atoms with Crippen LogP contribution >= 0.6 is 24.0 Å². The van der Waals surface area contributed by atoms with Crippen molar-refractivity contribution in [3.8, 4) is 0 Å². The lowest BCUT2D eigenvalue weighted by Gasteiger charge is -2.33. The molecule has 0 unspecified atom stereocenters. The first-order valence-corrected chi connectivity index (χ1v) is 9.54. The Morgan fingerprint density at radius 1 is 1.12 bits per heavy atom. The maximum atomic E-state index is 12.2. The van der Waals surface area contributed by atoms with E-state index in [1.165, 1.54) is 26.4 Å². The summed E-state index contributed by atoms with van der Waals surface area (Å²) in [5.41, 5.74) is 0. The van der Waals surface area contributed by atoms with Crippen molar-refractivity contribution >= 4 is 41.8 Å². The molecule has 0 aromatic carbocycles. The standard InChI is InChI=1S/C18H32N4O3.HI/c1-3-19-18(22-11-9-14(10-12-22)17(24)25-2)20-13-16(23)21-15-7-5-4-6-8-15;/h14-15H,3-13H2,1-2H3,(H,19,20)(H,21,23);1H. The second-order valence-corrected chi connectivity index (χ2v) is 6.86. The molecular weight excluding hydrogens is 447 g/mol. The predicted molar refractivity (Wildman–Crippen MR) is 113 cm³/mol. The summed E-state index contributed by atoms with van der Waals surface area (Å²) in [6, 6.07) is 0.315. The number of hydrogen-bond acceptors (Lipinski definition) is 4. The number of aliphatic imine (C=N–C) groups is 1. The van der Waals surface area contributed by atoms with Gasteiger partial charge in [0.05, 0.1) is 13.0 Å². The molecule has 7 nitrogen and oxygen atoms in total. The van der Waals surface area contributed by atoms with Gasteiger partial charge in [0.25, 0.3) is 0 Å². The van der Waals surface area contributed by atoms with E-state index < -0.39 is 0 Å². The molecule has 0 spiro atoms. The highest BCUT2D eigenvalue weighted by Crippen LogP contribution is 2.19. The highest BCUT2D eigenvalue weighted by Gasteiger charge is 2.27. The Bertz CT molecular complexity index is 473. The number of carbonyl (C=O) groups is 2. The minimum absolute atomic E-state index is 0. The number of likely N-dealkylation sites (tertiary alicyclic amines) is 1. The summed E-state index contributed by atoms with van der Waals surface area (Å²) < 4.78 is 4.83. The third kappa shape index (κ3) is 7.28. The average Bonchev–Trinajstić information content (AvgIpc) is 2.65. The number of nitrogens with zero attached hydrogens (tertiary/aromatic N) is 2. The molecule has 8 heteroatoms. The molecule has 1 heterocycles. The molecule has 1 saturated carbocycles. The molecule has 0 atom stereocenters. The van der Waals surface area contributed by atoms with Gasteiger partial charge in [-0.25, -0.2) is 4.99 Å². The van der Waals surface area contributed by atoms with Gasteiger partial charge in [-0.15, -0.1) is 24.0 Å². The number of esters is 1. The van der Waals surface area contributed by atoms with Crippen LogP contribution < -0.4 is 10.6 Å². The average molecular weight is 480 g/mol. The number of hydrogen-bond donors (Lipinski definition) is 2. The monoisotopic (exact) mass is 480 g/mol. The zero-order chi connectivity index (χ0) is 18.1. The molecule has 0 aromatic rings. The summed E-state index contributed by atoms with van der Waals surface area (Å²) in [4.78, 5) is 30.4. The van der Waals surface area contributed by atoms with Gasteiger partial charge in [0.15, 0.2) is 5.96 Å². The summed E-state index contributed by atoms with van der Waals surface area (Å²) in [6.07, 6.45) is 7.35. The van der Waals surface area contributed by atoms with Crippen LogP contribution in [-0.2, 0) is 14.3 Å². The van der Waals surface area contributed by atoms with Gasteiger partial charge < -0.3 is 20.3 Å². The molecule has 2 N–H and O–H groups in total. The molecule has 0 aromatic heterocycles. The van der Waals surface area contributed by atoms with Crippen molar-refractivity contribution in [2.24, 2.45) is 10.9 Å². The zero-order valence-corrected chi connectivity index (χ0v) is 18.3. The molecule has 0 bridgehead atoms. The molecule has 2 rings (SSSR count). The van der Waals surface area contributed by atoms with Gasteiger partial charge in [0, 0.05) is 25.7 Å². The Kier molecular flexibility index (Phi) is 10.9. The topological polar surface area (TPSA) is 83.0 Å². The van der Waals surface area contributed by atoms with Gasteiger partial charge in [-0.1, -0.05) is 19.3 Å². The number of nitrogens with one attached hydrogen (secondary N) is 2. The maximum Gasteiger partial charge on any atom is 0.308 e. The van der Waals surface area contributed by atoms with Gasteiger partial charge in [-0.3, -0.25) is 9.59 Å². The molecule has 1 aliphatic heterocycles. The maximum absolute atomic E-state index is 12.2. The lowest BCUT2D eigenvalue weighted by atomic mass is 9.95. The Balaban J connectivity index is 0.00000338. The predicted octanol–water partition coefficient (Wildman–Crippen LogP) is 1.90. The Morgan fingerprint density at radius 3 is 2.35 bits per heavy atom. The van der Waals surface area contributed by atoms with Gasteiger partial charge in [0.1, 0.15) is 6.54 Å². The van der Waals surface area contributed by atoms with Crippen molar-refractivity contribution in [1.82, 2.24) is 15.5 Å². The van der Waals surface area contributed by atoms with Crippen LogP contribution in [-0.4, -0.2) is 62.1 Å². The first-order valence-electron chi connectivity index (χ1n) is 9.54. The Labute approximate surface area is 173 Å². The van der Waals surface area contributed by atoms with E-state index in [2.05, 4.69) is 20.5 Å². The molecule has 26 heavy (non-hydrogen) atoms. The van der Waals surface area contributed by atoms with Crippen molar-refractivity contribution in [2.75, 3.05) is 33.3 Å². The zero-order valence-electron chi connectivity index (χ0n) is 16.0. The Hall–Kier alpha value is -1.06. The lowest BCUT2D eigenvalue weighted by molar-refractivity contribution is -0.146. The summed E-state index contributed by atoms with van der Waals surface area (Å²) in [5, 5.41) is 6.34. The third-order valence-corrected chi connectivity index (χ3v) is 5.01. The fourth-order valence-electron chi connectivity index (χ4n) is 3.59. The molecule has 150 valence electrons. The van der Waals surface area contributed by atoms with Crippen LogP contribution in [0.5, 0.6) is 0 Å². The number of methoxy groups -OCH3 is 1. The number of ether oxygens (including phenoxy) is 1. The number of guanidine groups is 1. The number of piperidine rings is 1. The second-order valence-electron chi connectivity index (χ2n) is 6.86. The number of halogens is 1. The first kappa shape index (κ1) is 23.0. The van der Waals surface area contributed by atoms with Crippen molar-refractivity contribution in [1.29, 1.82) is 0 Å². The molecule has 1 aliphatic carbocycles. The van der Waals surface area contributed by atoms with Crippen LogP contribution in [0.15, 0.2) is 4.99 Å². The largest absolute Gasteiger partial charge is 0.469 e. The highest BCUT2D eigenvalue weighted by molar-refractivity contribution is 14.0. The van der Waals surface area contributed by atoms with Crippen molar-refractivity contribution in [2.45, 2.75) is 57.9 Å². The fraction of sp³-hybridized carbons (Fsp3) is 0.833. The van der Waals surface area contributed by atoms with E-state index in [0.717, 1.165) is 51.3 Å². The SMILES string of the molecule is CCNC(=NCC(=O)NC1CCCCC1)N1CCC(C(=O)OC)CC1.I. The van der Waals surface area contributed by atoms with Gasteiger partial charge >= 0.3 is 5.97 Å². The minimum atomic E-state index is -0.131. The highest BCUT2D eigenvalue weighted by atomic mass is 127. The first-order chi connectivity index (χ1) is 12.1. The molecule has 1 saturated heterocycles. The number of amides is 1. The van der Waals surface area contributed by atoms with E-state index in [-0.39, 0.29) is 48.3 Å². The third-order valence-electron chi connectivity index (χ3n) is 5.01. The van der Waals surface area contributed by atoms with Crippen LogP contribution in [0.4, 0.5) is 0 Å². The van der Waals surface area contributed by atoms with Crippen LogP contribution in [0.2, 0.25) is 0 Å². The second kappa shape index (κ2) is 12.3. The fourth-order valence-corrected chi connectivity index (χ4v) is 3.59. The van der Waals surface area contributed by atoms with Crippen molar-refractivity contribution in [3.05, 3.63) is 0 Å². The van der Waals surface area contributed by atoms with Crippen LogP contribution in [0.1, 0.15) is 51.9 Å². The van der Waals surface area contributed by atoms with Crippen LogP contribution in [0, 0.1) is 5.92 Å².